The number of hydrogen-bond donors (Lipinski definition) is 2. The molecule has 0 radical (unpaired) electrons. The predicted octanol–water partition coefficient (Wildman–Crippen LogP) is 0.450. The first-order valence-corrected chi connectivity index (χ1v) is 5.71. The Kier molecular flexibility index (Phi) is 3.91. The van der Waals surface area contributed by atoms with Gasteiger partial charge in [-0.05, 0) is 26.2 Å². The Morgan fingerprint density at radius 3 is 2.62 bits per heavy atom. The van der Waals surface area contributed by atoms with Crippen LogP contribution in [0.25, 0.3) is 0 Å². The molecule has 0 aromatic carbocycles. The van der Waals surface area contributed by atoms with Crippen molar-refractivity contribution in [1.82, 2.24) is 10.2 Å². The second kappa shape index (κ2) is 4.82. The molecule has 0 aliphatic carbocycles. The van der Waals surface area contributed by atoms with Gasteiger partial charge in [-0.1, -0.05) is 6.92 Å². The lowest BCUT2D eigenvalue weighted by Crippen LogP contribution is -2.57. The molecule has 5 heteroatoms. The molecule has 2 unspecified atom stereocenters. The molecule has 0 spiro atoms. The third kappa shape index (κ3) is 1.91. The minimum absolute atomic E-state index is 0.124. The van der Waals surface area contributed by atoms with Crippen molar-refractivity contribution in [3.63, 3.8) is 0 Å². The molecular formula is C11H20N2O3. The van der Waals surface area contributed by atoms with Crippen molar-refractivity contribution in [2.24, 2.45) is 0 Å². The van der Waals surface area contributed by atoms with Gasteiger partial charge in [0.1, 0.15) is 5.54 Å². The number of nitrogens with zero attached hydrogens (tertiary/aromatic N) is 1. The smallest absolute Gasteiger partial charge is 0.324 e. The quantitative estimate of drug-likeness (QED) is 0.733. The minimum atomic E-state index is -0.855. The lowest BCUT2D eigenvalue weighted by Gasteiger charge is -2.37. The molecule has 1 aliphatic rings. The molecule has 2 N–H and O–H groups in total. The van der Waals surface area contributed by atoms with Crippen molar-refractivity contribution in [3.8, 4) is 0 Å². The van der Waals surface area contributed by atoms with E-state index in [0.717, 1.165) is 6.42 Å². The van der Waals surface area contributed by atoms with Gasteiger partial charge in [0.2, 0.25) is 5.91 Å². The first-order valence-electron chi connectivity index (χ1n) is 5.71. The van der Waals surface area contributed by atoms with Crippen molar-refractivity contribution in [3.05, 3.63) is 0 Å². The van der Waals surface area contributed by atoms with Crippen LogP contribution in [0, 0.1) is 0 Å². The van der Waals surface area contributed by atoms with E-state index in [-0.39, 0.29) is 11.9 Å². The molecule has 1 amide bonds. The van der Waals surface area contributed by atoms with E-state index in [9.17, 15) is 14.7 Å². The van der Waals surface area contributed by atoms with Crippen molar-refractivity contribution in [1.29, 1.82) is 0 Å². The third-order valence-corrected chi connectivity index (χ3v) is 3.62. The van der Waals surface area contributed by atoms with Crippen molar-refractivity contribution >= 4 is 11.9 Å². The summed E-state index contributed by atoms with van der Waals surface area (Å²) >= 11 is 0. The summed E-state index contributed by atoms with van der Waals surface area (Å²) in [4.78, 5) is 24.8. The second-order valence-corrected chi connectivity index (χ2v) is 4.28. The van der Waals surface area contributed by atoms with Gasteiger partial charge >= 0.3 is 5.97 Å². The molecule has 16 heavy (non-hydrogen) atoms. The van der Waals surface area contributed by atoms with Gasteiger partial charge in [0.25, 0.3) is 0 Å². The lowest BCUT2D eigenvalue weighted by atomic mass is 9.92. The lowest BCUT2D eigenvalue weighted by molar-refractivity contribution is -0.152. The maximum Gasteiger partial charge on any atom is 0.324 e. The number of carboxylic acids is 1. The number of carbonyl (C=O) groups excluding carboxylic acids is 1. The number of nitrogens with one attached hydrogen (secondary N) is 1. The number of hydrogen-bond acceptors (Lipinski definition) is 3. The van der Waals surface area contributed by atoms with E-state index in [4.69, 9.17) is 0 Å². The zero-order chi connectivity index (χ0) is 12.3. The highest BCUT2D eigenvalue weighted by Crippen LogP contribution is 2.34. The molecule has 1 fully saturated rings. The number of carbonyl (C=O) groups is 2. The number of likely N-dealkylation sites (tertiary alicyclic amines) is 1. The Balaban J connectivity index is 2.94. The number of aliphatic carboxylic acids is 1. The molecule has 1 heterocycles. The van der Waals surface area contributed by atoms with Gasteiger partial charge in [-0.2, -0.15) is 0 Å². The van der Waals surface area contributed by atoms with Crippen molar-refractivity contribution in [2.45, 2.75) is 44.7 Å². The summed E-state index contributed by atoms with van der Waals surface area (Å²) < 4.78 is 0. The van der Waals surface area contributed by atoms with E-state index in [1.165, 1.54) is 0 Å². The molecule has 5 nitrogen and oxygen atoms in total. The topological polar surface area (TPSA) is 69.6 Å². The molecular weight excluding hydrogens is 208 g/mol. The van der Waals surface area contributed by atoms with Crippen molar-refractivity contribution in [2.75, 3.05) is 13.6 Å². The summed E-state index contributed by atoms with van der Waals surface area (Å²) in [7, 11) is 1.57. The maximum atomic E-state index is 11.6. The molecule has 0 aromatic rings. The first kappa shape index (κ1) is 13.0. The Bertz CT molecular complexity index is 293. The van der Waals surface area contributed by atoms with E-state index < -0.39 is 11.5 Å². The van der Waals surface area contributed by atoms with Gasteiger partial charge in [-0.15, -0.1) is 0 Å². The molecule has 0 saturated carbocycles. The van der Waals surface area contributed by atoms with E-state index in [2.05, 4.69) is 5.32 Å². The van der Waals surface area contributed by atoms with Crippen LogP contribution in [-0.2, 0) is 9.59 Å². The maximum absolute atomic E-state index is 11.6. The minimum Gasteiger partial charge on any atom is -0.480 e. The molecule has 1 aliphatic heterocycles. The monoisotopic (exact) mass is 228 g/mol. The number of amides is 1. The molecule has 0 aromatic heterocycles. The molecule has 2 atom stereocenters. The van der Waals surface area contributed by atoms with Crippen molar-refractivity contribution < 1.29 is 14.7 Å². The zero-order valence-corrected chi connectivity index (χ0v) is 10.1. The van der Waals surface area contributed by atoms with Crippen LogP contribution in [0.3, 0.4) is 0 Å². The first-order chi connectivity index (χ1) is 7.49. The fourth-order valence-corrected chi connectivity index (χ4v) is 2.58. The normalized spacial score (nSPS) is 27.7. The predicted molar refractivity (Wildman–Crippen MR) is 60.1 cm³/mol. The average Bonchev–Trinajstić information content (AvgIpc) is 2.71. The van der Waals surface area contributed by atoms with E-state index in [1.807, 2.05) is 11.8 Å². The van der Waals surface area contributed by atoms with Gasteiger partial charge in [-0.25, -0.2) is 0 Å². The van der Waals surface area contributed by atoms with Crippen LogP contribution in [0.1, 0.15) is 33.1 Å². The van der Waals surface area contributed by atoms with Crippen LogP contribution >= 0.6 is 0 Å². The third-order valence-electron chi connectivity index (χ3n) is 3.62. The van der Waals surface area contributed by atoms with Crippen LogP contribution in [-0.4, -0.2) is 47.1 Å². The summed E-state index contributed by atoms with van der Waals surface area (Å²) in [5, 5.41) is 11.9. The average molecular weight is 228 g/mol. The van der Waals surface area contributed by atoms with Crippen LogP contribution in [0.2, 0.25) is 0 Å². The Morgan fingerprint density at radius 1 is 1.56 bits per heavy atom. The van der Waals surface area contributed by atoms with Gasteiger partial charge in [0.05, 0.1) is 6.04 Å². The molecule has 92 valence electrons. The fraction of sp³-hybridized carbons (Fsp3) is 0.818. The molecule has 1 rings (SSSR count). The summed E-state index contributed by atoms with van der Waals surface area (Å²) in [5.74, 6) is -0.941. The second-order valence-electron chi connectivity index (χ2n) is 4.28. The summed E-state index contributed by atoms with van der Waals surface area (Å²) in [6.45, 7) is 4.30. The summed E-state index contributed by atoms with van der Waals surface area (Å²) in [6, 6.07) is -0.386. The SMILES string of the molecule is CCC1(C(=O)O)CCCN1C(C)C(=O)NC. The Hall–Kier alpha value is -1.10. The van der Waals surface area contributed by atoms with E-state index in [0.29, 0.717) is 19.4 Å². The van der Waals surface area contributed by atoms with E-state index >= 15 is 0 Å². The van der Waals surface area contributed by atoms with Gasteiger partial charge < -0.3 is 10.4 Å². The van der Waals surface area contributed by atoms with Crippen LogP contribution in [0.4, 0.5) is 0 Å². The fourth-order valence-electron chi connectivity index (χ4n) is 2.58. The summed E-state index contributed by atoms with van der Waals surface area (Å²) in [5.41, 5.74) is -0.855. The number of rotatable bonds is 4. The zero-order valence-electron chi connectivity index (χ0n) is 10.1. The summed E-state index contributed by atoms with van der Waals surface area (Å²) in [6.07, 6.45) is 1.99. The van der Waals surface area contributed by atoms with Gasteiger partial charge in [-0.3, -0.25) is 14.5 Å². The standard InChI is InChI=1S/C11H20N2O3/c1-4-11(10(15)16)6-5-7-13(11)8(2)9(14)12-3/h8H,4-7H2,1-3H3,(H,12,14)(H,15,16). The number of carboxylic acid groups (broad SMARTS) is 1. The Labute approximate surface area is 95.8 Å². The Morgan fingerprint density at radius 2 is 2.19 bits per heavy atom. The van der Waals surface area contributed by atoms with Gasteiger partial charge in [0.15, 0.2) is 0 Å². The molecule has 1 saturated heterocycles. The highest BCUT2D eigenvalue weighted by Gasteiger charge is 2.49. The van der Waals surface area contributed by atoms with Crippen LogP contribution in [0.5, 0.6) is 0 Å². The van der Waals surface area contributed by atoms with E-state index in [1.54, 1.807) is 14.0 Å². The number of likely N-dealkylation sites (N-methyl/N-ethyl adjacent to an activating group) is 1. The largest absolute Gasteiger partial charge is 0.480 e. The highest BCUT2D eigenvalue weighted by atomic mass is 16.4. The van der Waals surface area contributed by atoms with Gasteiger partial charge in [0, 0.05) is 13.6 Å². The van der Waals surface area contributed by atoms with Crippen LogP contribution < -0.4 is 5.32 Å². The highest BCUT2D eigenvalue weighted by molar-refractivity contribution is 5.84. The van der Waals surface area contributed by atoms with Crippen LogP contribution in [0.15, 0.2) is 0 Å². The molecule has 0 bridgehead atoms.